The van der Waals surface area contributed by atoms with Gasteiger partial charge in [0.15, 0.2) is 0 Å². The fraction of sp³-hybridized carbons (Fsp3) is 0.455. The van der Waals surface area contributed by atoms with Crippen LogP contribution in [0.4, 0.5) is 5.69 Å². The lowest BCUT2D eigenvalue weighted by Gasteiger charge is -2.12. The average Bonchev–Trinajstić information content (AvgIpc) is 2.27. The van der Waals surface area contributed by atoms with Crippen LogP contribution in [0, 0.1) is 0 Å². The number of fused-ring (bicyclic) bond motifs is 1. The molecule has 1 nitrogen and oxygen atoms in total. The van der Waals surface area contributed by atoms with Gasteiger partial charge in [-0.2, -0.15) is 11.8 Å². The van der Waals surface area contributed by atoms with E-state index in [1.807, 2.05) is 11.8 Å². The van der Waals surface area contributed by atoms with Gasteiger partial charge in [0.2, 0.25) is 0 Å². The monoisotopic (exact) mass is 193 g/mol. The molecule has 0 spiro atoms. The van der Waals surface area contributed by atoms with Gasteiger partial charge >= 0.3 is 0 Å². The summed E-state index contributed by atoms with van der Waals surface area (Å²) < 4.78 is 0. The van der Waals surface area contributed by atoms with E-state index in [1.54, 1.807) is 0 Å². The molecule has 1 aromatic carbocycles. The Labute approximate surface area is 83.9 Å². The highest BCUT2D eigenvalue weighted by Gasteiger charge is 2.17. The van der Waals surface area contributed by atoms with E-state index in [2.05, 4.69) is 43.4 Å². The summed E-state index contributed by atoms with van der Waals surface area (Å²) in [6, 6.07) is 9.19. The average molecular weight is 193 g/mol. The highest BCUT2D eigenvalue weighted by atomic mass is 32.2. The molecule has 70 valence electrons. The Balaban J connectivity index is 2.38. The summed E-state index contributed by atoms with van der Waals surface area (Å²) in [5.41, 5.74) is 2.75. The third-order valence-corrected chi connectivity index (χ3v) is 3.84. The Morgan fingerprint density at radius 2 is 2.08 bits per heavy atom. The number of para-hydroxylation sites is 1. The SMILES string of the molecule is CC1CSC(C)c2ccccc2N1. The van der Waals surface area contributed by atoms with Gasteiger partial charge in [-0.05, 0) is 25.5 Å². The van der Waals surface area contributed by atoms with E-state index in [4.69, 9.17) is 0 Å². The van der Waals surface area contributed by atoms with E-state index in [0.717, 1.165) is 0 Å². The van der Waals surface area contributed by atoms with Crippen LogP contribution in [0.2, 0.25) is 0 Å². The van der Waals surface area contributed by atoms with Gasteiger partial charge in [-0.1, -0.05) is 18.2 Å². The van der Waals surface area contributed by atoms with E-state index in [0.29, 0.717) is 11.3 Å². The Kier molecular flexibility index (Phi) is 2.49. The number of anilines is 1. The Hall–Kier alpha value is -0.630. The molecule has 1 aliphatic heterocycles. The maximum Gasteiger partial charge on any atom is 0.0386 e. The predicted octanol–water partition coefficient (Wildman–Crippen LogP) is 3.29. The number of rotatable bonds is 0. The summed E-state index contributed by atoms with van der Waals surface area (Å²) in [6.45, 7) is 4.52. The molecule has 0 radical (unpaired) electrons. The van der Waals surface area contributed by atoms with Crippen molar-refractivity contribution in [3.63, 3.8) is 0 Å². The van der Waals surface area contributed by atoms with Crippen molar-refractivity contribution >= 4 is 17.4 Å². The summed E-state index contributed by atoms with van der Waals surface area (Å²) in [6.07, 6.45) is 0. The van der Waals surface area contributed by atoms with Gasteiger partial charge in [0.05, 0.1) is 0 Å². The van der Waals surface area contributed by atoms with Crippen molar-refractivity contribution in [3.05, 3.63) is 29.8 Å². The minimum absolute atomic E-state index is 0.580. The van der Waals surface area contributed by atoms with E-state index in [9.17, 15) is 0 Å². The van der Waals surface area contributed by atoms with Crippen LogP contribution >= 0.6 is 11.8 Å². The highest BCUT2D eigenvalue weighted by molar-refractivity contribution is 7.99. The molecule has 0 aromatic heterocycles. The number of benzene rings is 1. The molecule has 0 amide bonds. The Bertz CT molecular complexity index is 298. The maximum absolute atomic E-state index is 3.53. The van der Waals surface area contributed by atoms with Crippen LogP contribution in [0.1, 0.15) is 24.7 Å². The number of hydrogen-bond donors (Lipinski definition) is 1. The zero-order chi connectivity index (χ0) is 9.26. The molecule has 2 rings (SSSR count). The van der Waals surface area contributed by atoms with Crippen LogP contribution < -0.4 is 5.32 Å². The summed E-state index contributed by atoms with van der Waals surface area (Å²) >= 11 is 2.03. The van der Waals surface area contributed by atoms with Crippen LogP contribution in [0.15, 0.2) is 24.3 Å². The molecule has 0 saturated carbocycles. The molecule has 2 atom stereocenters. The molecular weight excluding hydrogens is 178 g/mol. The lowest BCUT2D eigenvalue weighted by Crippen LogP contribution is -2.16. The van der Waals surface area contributed by atoms with Crippen LogP contribution in [0.25, 0.3) is 0 Å². The molecule has 13 heavy (non-hydrogen) atoms. The lowest BCUT2D eigenvalue weighted by atomic mass is 10.1. The second-order valence-corrected chi connectivity index (χ2v) is 4.98. The molecule has 1 N–H and O–H groups in total. The van der Waals surface area contributed by atoms with Crippen LogP contribution in [-0.4, -0.2) is 11.8 Å². The first-order chi connectivity index (χ1) is 6.27. The van der Waals surface area contributed by atoms with Crippen molar-refractivity contribution in [2.24, 2.45) is 0 Å². The summed E-state index contributed by atoms with van der Waals surface area (Å²) in [7, 11) is 0. The third-order valence-electron chi connectivity index (χ3n) is 2.40. The minimum atomic E-state index is 0.580. The normalized spacial score (nSPS) is 27.2. The van der Waals surface area contributed by atoms with E-state index >= 15 is 0 Å². The summed E-state index contributed by atoms with van der Waals surface area (Å²) in [4.78, 5) is 0. The van der Waals surface area contributed by atoms with E-state index < -0.39 is 0 Å². The van der Waals surface area contributed by atoms with Gasteiger partial charge in [0, 0.05) is 22.7 Å². The first-order valence-electron chi connectivity index (χ1n) is 4.74. The first-order valence-corrected chi connectivity index (χ1v) is 5.79. The van der Waals surface area contributed by atoms with E-state index in [1.165, 1.54) is 17.0 Å². The fourth-order valence-corrected chi connectivity index (χ4v) is 2.71. The van der Waals surface area contributed by atoms with Crippen molar-refractivity contribution in [1.29, 1.82) is 0 Å². The van der Waals surface area contributed by atoms with E-state index in [-0.39, 0.29) is 0 Å². The largest absolute Gasteiger partial charge is 0.382 e. The van der Waals surface area contributed by atoms with Crippen molar-refractivity contribution in [1.82, 2.24) is 0 Å². The maximum atomic E-state index is 3.53. The van der Waals surface area contributed by atoms with Crippen LogP contribution in [-0.2, 0) is 0 Å². The Morgan fingerprint density at radius 3 is 2.92 bits per heavy atom. The zero-order valence-corrected chi connectivity index (χ0v) is 8.90. The molecule has 1 aliphatic rings. The van der Waals surface area contributed by atoms with Gasteiger partial charge in [-0.3, -0.25) is 0 Å². The first kappa shape index (κ1) is 8.95. The Morgan fingerprint density at radius 1 is 1.31 bits per heavy atom. The molecule has 1 heterocycles. The van der Waals surface area contributed by atoms with Gasteiger partial charge in [-0.15, -0.1) is 0 Å². The number of thioether (sulfide) groups is 1. The van der Waals surface area contributed by atoms with Gasteiger partial charge < -0.3 is 5.32 Å². The fourth-order valence-electron chi connectivity index (χ4n) is 1.67. The second-order valence-electron chi connectivity index (χ2n) is 3.61. The topological polar surface area (TPSA) is 12.0 Å². The van der Waals surface area contributed by atoms with Gasteiger partial charge in [-0.25, -0.2) is 0 Å². The third kappa shape index (κ3) is 1.83. The molecular formula is C11H15NS. The molecule has 0 fully saturated rings. The minimum Gasteiger partial charge on any atom is -0.382 e. The smallest absolute Gasteiger partial charge is 0.0386 e. The van der Waals surface area contributed by atoms with Crippen molar-refractivity contribution in [2.45, 2.75) is 25.1 Å². The molecule has 0 bridgehead atoms. The van der Waals surface area contributed by atoms with Gasteiger partial charge in [0.25, 0.3) is 0 Å². The molecule has 1 aromatic rings. The second kappa shape index (κ2) is 3.62. The van der Waals surface area contributed by atoms with Crippen molar-refractivity contribution in [3.8, 4) is 0 Å². The molecule has 0 aliphatic carbocycles. The number of hydrogen-bond acceptors (Lipinski definition) is 2. The zero-order valence-electron chi connectivity index (χ0n) is 8.08. The van der Waals surface area contributed by atoms with Crippen LogP contribution in [0.3, 0.4) is 0 Å². The van der Waals surface area contributed by atoms with Crippen molar-refractivity contribution in [2.75, 3.05) is 11.1 Å². The van der Waals surface area contributed by atoms with Crippen LogP contribution in [0.5, 0.6) is 0 Å². The quantitative estimate of drug-likeness (QED) is 0.678. The van der Waals surface area contributed by atoms with Crippen molar-refractivity contribution < 1.29 is 0 Å². The predicted molar refractivity (Wildman–Crippen MR) is 60.4 cm³/mol. The lowest BCUT2D eigenvalue weighted by molar-refractivity contribution is 0.917. The number of nitrogens with one attached hydrogen (secondary N) is 1. The highest BCUT2D eigenvalue weighted by Crippen LogP contribution is 2.36. The molecule has 2 unspecified atom stereocenters. The standard InChI is InChI=1S/C11H15NS/c1-8-7-13-9(2)10-5-3-4-6-11(10)12-8/h3-6,8-9,12H,7H2,1-2H3. The molecule has 0 saturated heterocycles. The summed E-state index contributed by atoms with van der Waals surface area (Å²) in [5.74, 6) is 1.19. The molecule has 2 heteroatoms. The summed E-state index contributed by atoms with van der Waals surface area (Å²) in [5, 5.41) is 4.15. The van der Waals surface area contributed by atoms with Gasteiger partial charge in [0.1, 0.15) is 0 Å².